The van der Waals surface area contributed by atoms with Gasteiger partial charge in [0, 0.05) is 18.3 Å². The molecule has 0 N–H and O–H groups in total. The van der Waals surface area contributed by atoms with Crippen molar-refractivity contribution >= 4 is 0 Å². The van der Waals surface area contributed by atoms with Crippen LogP contribution in [0.2, 0.25) is 0 Å². The molecule has 1 aliphatic heterocycles. The van der Waals surface area contributed by atoms with Crippen LogP contribution in [0.15, 0.2) is 24.5 Å². The molecule has 0 unspecified atom stereocenters. The van der Waals surface area contributed by atoms with E-state index in [2.05, 4.69) is 16.9 Å². The van der Waals surface area contributed by atoms with Gasteiger partial charge in [0.15, 0.2) is 0 Å². The van der Waals surface area contributed by atoms with E-state index in [-0.39, 0.29) is 0 Å². The lowest BCUT2D eigenvalue weighted by atomic mass is 10.00. The Balaban J connectivity index is 1.60. The first kappa shape index (κ1) is 10.1. The summed E-state index contributed by atoms with van der Waals surface area (Å²) in [5.74, 6) is 1.74. The van der Waals surface area contributed by atoms with E-state index < -0.39 is 0 Å². The fourth-order valence-electron chi connectivity index (χ4n) is 3.18. The summed E-state index contributed by atoms with van der Waals surface area (Å²) in [7, 11) is 2.24. The number of fused-ring (bicyclic) bond motifs is 2. The zero-order valence-corrected chi connectivity index (χ0v) is 9.67. The van der Waals surface area contributed by atoms with E-state index >= 15 is 0 Å². The average Bonchev–Trinajstić information content (AvgIpc) is 2.89. The smallest absolute Gasteiger partial charge is 0.137 e. The van der Waals surface area contributed by atoms with Gasteiger partial charge < -0.3 is 4.74 Å². The van der Waals surface area contributed by atoms with Crippen molar-refractivity contribution in [3.8, 4) is 5.75 Å². The highest BCUT2D eigenvalue weighted by Gasteiger charge is 2.43. The number of piperidine rings is 1. The fourth-order valence-corrected chi connectivity index (χ4v) is 3.18. The van der Waals surface area contributed by atoms with Gasteiger partial charge in [-0.2, -0.15) is 0 Å². The van der Waals surface area contributed by atoms with Crippen molar-refractivity contribution in [3.05, 3.63) is 24.5 Å². The minimum absolute atomic E-state index is 0.610. The lowest BCUT2D eigenvalue weighted by Crippen LogP contribution is -2.41. The normalized spacial score (nSPS) is 33.2. The molecule has 86 valence electrons. The molecular weight excluding hydrogens is 200 g/mol. The van der Waals surface area contributed by atoms with Crippen molar-refractivity contribution in [1.29, 1.82) is 0 Å². The van der Waals surface area contributed by atoms with Crippen molar-refractivity contribution in [2.24, 2.45) is 5.92 Å². The van der Waals surface area contributed by atoms with Gasteiger partial charge in [-0.15, -0.1) is 0 Å². The molecule has 2 heterocycles. The van der Waals surface area contributed by atoms with Crippen LogP contribution in [0.3, 0.4) is 0 Å². The number of pyridine rings is 1. The number of ether oxygens (including phenoxy) is 1. The molecule has 3 rings (SSSR count). The zero-order chi connectivity index (χ0) is 11.0. The molecule has 1 saturated carbocycles. The first-order valence-electron chi connectivity index (χ1n) is 6.09. The van der Waals surface area contributed by atoms with Gasteiger partial charge in [0.05, 0.1) is 6.20 Å². The van der Waals surface area contributed by atoms with Crippen LogP contribution in [0.5, 0.6) is 5.75 Å². The van der Waals surface area contributed by atoms with Crippen LogP contribution in [0.1, 0.15) is 19.3 Å². The second kappa shape index (κ2) is 4.06. The third kappa shape index (κ3) is 1.69. The van der Waals surface area contributed by atoms with Crippen LogP contribution < -0.4 is 4.74 Å². The predicted molar refractivity (Wildman–Crippen MR) is 62.4 cm³/mol. The Hall–Kier alpha value is -1.09. The number of hydrogen-bond acceptors (Lipinski definition) is 3. The standard InChI is InChI=1S/C13H18N2O/c1-15-11-5-4-10(7-11)13(15)9-16-12-3-2-6-14-8-12/h2-3,6,8,10-11,13H,4-5,7,9H2,1H3/t10-,11-,13+/m0/s1. The van der Waals surface area contributed by atoms with Crippen LogP contribution in [-0.2, 0) is 0 Å². The molecule has 3 heteroatoms. The molecule has 1 aromatic heterocycles. The van der Waals surface area contributed by atoms with Crippen LogP contribution >= 0.6 is 0 Å². The zero-order valence-electron chi connectivity index (χ0n) is 9.67. The van der Waals surface area contributed by atoms with Gasteiger partial charge in [0.1, 0.15) is 12.4 Å². The van der Waals surface area contributed by atoms with E-state index in [4.69, 9.17) is 4.74 Å². The number of aromatic nitrogens is 1. The Bertz CT molecular complexity index is 352. The highest BCUT2D eigenvalue weighted by atomic mass is 16.5. The quantitative estimate of drug-likeness (QED) is 0.775. The van der Waals surface area contributed by atoms with E-state index in [1.54, 1.807) is 12.4 Å². The molecule has 0 aromatic carbocycles. The van der Waals surface area contributed by atoms with E-state index in [0.29, 0.717) is 6.04 Å². The fraction of sp³-hybridized carbons (Fsp3) is 0.615. The first-order valence-corrected chi connectivity index (χ1v) is 6.09. The SMILES string of the molecule is CN1[C@H]2CC[C@@H](C2)[C@H]1COc1cccnc1. The van der Waals surface area contributed by atoms with Crippen LogP contribution in [0.4, 0.5) is 0 Å². The molecule has 16 heavy (non-hydrogen) atoms. The highest BCUT2D eigenvalue weighted by molar-refractivity contribution is 5.15. The summed E-state index contributed by atoms with van der Waals surface area (Å²) < 4.78 is 5.81. The number of hydrogen-bond donors (Lipinski definition) is 0. The Morgan fingerprint density at radius 2 is 2.44 bits per heavy atom. The predicted octanol–water partition coefficient (Wildman–Crippen LogP) is 1.94. The van der Waals surface area contributed by atoms with Crippen LogP contribution in [-0.4, -0.2) is 35.6 Å². The lowest BCUT2D eigenvalue weighted by molar-refractivity contribution is 0.118. The third-order valence-corrected chi connectivity index (χ3v) is 4.14. The maximum Gasteiger partial charge on any atom is 0.137 e. The largest absolute Gasteiger partial charge is 0.490 e. The molecule has 1 aromatic rings. The summed E-state index contributed by atoms with van der Waals surface area (Å²) in [4.78, 5) is 6.56. The van der Waals surface area contributed by atoms with Crippen molar-refractivity contribution in [1.82, 2.24) is 9.88 Å². The van der Waals surface area contributed by atoms with E-state index in [0.717, 1.165) is 24.3 Å². The monoisotopic (exact) mass is 218 g/mol. The molecule has 0 spiro atoms. The van der Waals surface area contributed by atoms with Gasteiger partial charge in [-0.1, -0.05) is 0 Å². The Labute approximate surface area is 96.4 Å². The summed E-state index contributed by atoms with van der Waals surface area (Å²) in [5.41, 5.74) is 0. The number of nitrogens with zero attached hydrogens (tertiary/aromatic N) is 2. The van der Waals surface area contributed by atoms with E-state index in [1.165, 1.54) is 19.3 Å². The van der Waals surface area contributed by atoms with Gasteiger partial charge in [-0.3, -0.25) is 9.88 Å². The number of likely N-dealkylation sites (N-methyl/N-ethyl adjacent to an activating group) is 1. The molecular formula is C13H18N2O. The summed E-state index contributed by atoms with van der Waals surface area (Å²) in [5, 5.41) is 0. The molecule has 2 fully saturated rings. The molecule has 1 saturated heterocycles. The van der Waals surface area contributed by atoms with E-state index in [9.17, 15) is 0 Å². The third-order valence-electron chi connectivity index (χ3n) is 4.14. The van der Waals surface area contributed by atoms with Crippen molar-refractivity contribution in [2.75, 3.05) is 13.7 Å². The van der Waals surface area contributed by atoms with Crippen LogP contribution in [0.25, 0.3) is 0 Å². The summed E-state index contributed by atoms with van der Waals surface area (Å²) in [6.45, 7) is 0.809. The molecule has 0 radical (unpaired) electrons. The number of rotatable bonds is 3. The summed E-state index contributed by atoms with van der Waals surface area (Å²) in [6, 6.07) is 5.31. The molecule has 2 aliphatic rings. The molecule has 2 bridgehead atoms. The molecule has 1 aliphatic carbocycles. The van der Waals surface area contributed by atoms with Gasteiger partial charge in [0.2, 0.25) is 0 Å². The van der Waals surface area contributed by atoms with Gasteiger partial charge in [-0.05, 0) is 44.4 Å². The summed E-state index contributed by atoms with van der Waals surface area (Å²) >= 11 is 0. The molecule has 3 nitrogen and oxygen atoms in total. The second-order valence-corrected chi connectivity index (χ2v) is 4.96. The highest BCUT2D eigenvalue weighted by Crippen LogP contribution is 2.41. The topological polar surface area (TPSA) is 25.4 Å². The minimum Gasteiger partial charge on any atom is -0.490 e. The first-order chi connectivity index (χ1) is 7.84. The average molecular weight is 218 g/mol. The maximum absolute atomic E-state index is 5.81. The number of likely N-dealkylation sites (tertiary alicyclic amines) is 1. The Kier molecular flexibility index (Phi) is 2.56. The van der Waals surface area contributed by atoms with Gasteiger partial charge in [0.25, 0.3) is 0 Å². The van der Waals surface area contributed by atoms with Crippen molar-refractivity contribution in [3.63, 3.8) is 0 Å². The summed E-state index contributed by atoms with van der Waals surface area (Å²) in [6.07, 6.45) is 7.70. The molecule has 0 amide bonds. The Morgan fingerprint density at radius 1 is 1.50 bits per heavy atom. The van der Waals surface area contributed by atoms with E-state index in [1.807, 2.05) is 12.1 Å². The Morgan fingerprint density at radius 3 is 3.12 bits per heavy atom. The van der Waals surface area contributed by atoms with Crippen LogP contribution in [0, 0.1) is 5.92 Å². The molecule has 3 atom stereocenters. The van der Waals surface area contributed by atoms with Crippen molar-refractivity contribution < 1.29 is 4.74 Å². The van der Waals surface area contributed by atoms with Gasteiger partial charge in [-0.25, -0.2) is 0 Å². The maximum atomic E-state index is 5.81. The second-order valence-electron chi connectivity index (χ2n) is 4.96. The lowest BCUT2D eigenvalue weighted by Gasteiger charge is -2.31. The van der Waals surface area contributed by atoms with Gasteiger partial charge >= 0.3 is 0 Å². The van der Waals surface area contributed by atoms with Crippen molar-refractivity contribution in [2.45, 2.75) is 31.3 Å². The minimum atomic E-state index is 0.610.